The van der Waals surface area contributed by atoms with Gasteiger partial charge in [-0.1, -0.05) is 29.8 Å². The number of aryl methyl sites for hydroxylation is 1. The molecule has 1 fully saturated rings. The first-order valence-corrected chi connectivity index (χ1v) is 10.6. The number of halogens is 1. The Morgan fingerprint density at radius 1 is 1.10 bits per heavy atom. The van der Waals surface area contributed by atoms with Crippen LogP contribution in [0.3, 0.4) is 0 Å². The molecule has 0 spiro atoms. The maximum absolute atomic E-state index is 4.40. The zero-order valence-electron chi connectivity index (χ0n) is 18.2. The van der Waals surface area contributed by atoms with E-state index in [2.05, 4.69) is 81.1 Å². The van der Waals surface area contributed by atoms with Crippen LogP contribution in [0.5, 0.6) is 0 Å². The molecule has 1 atom stereocenters. The molecule has 6 nitrogen and oxygen atoms in total. The van der Waals surface area contributed by atoms with Gasteiger partial charge in [0, 0.05) is 50.8 Å². The van der Waals surface area contributed by atoms with Crippen LogP contribution < -0.4 is 15.5 Å². The summed E-state index contributed by atoms with van der Waals surface area (Å²) in [5.41, 5.74) is 4.97. The number of rotatable bonds is 6. The molecule has 2 heterocycles. The second-order valence-electron chi connectivity index (χ2n) is 7.78. The van der Waals surface area contributed by atoms with Gasteiger partial charge in [-0.3, -0.25) is 4.99 Å². The van der Waals surface area contributed by atoms with Gasteiger partial charge in [0.2, 0.25) is 0 Å². The summed E-state index contributed by atoms with van der Waals surface area (Å²) < 4.78 is 1.87. The molecule has 1 unspecified atom stereocenters. The lowest BCUT2D eigenvalue weighted by atomic mass is 10.1. The summed E-state index contributed by atoms with van der Waals surface area (Å²) in [6.07, 6.45) is 5.81. The van der Waals surface area contributed by atoms with E-state index in [9.17, 15) is 0 Å². The van der Waals surface area contributed by atoms with Gasteiger partial charge in [-0.25, -0.2) is 4.68 Å². The Kier molecular flexibility index (Phi) is 8.34. The van der Waals surface area contributed by atoms with E-state index in [-0.39, 0.29) is 24.0 Å². The number of nitrogens with one attached hydrogen (secondary N) is 2. The Morgan fingerprint density at radius 3 is 2.52 bits per heavy atom. The average Bonchev–Trinajstić information content (AvgIpc) is 3.47. The summed E-state index contributed by atoms with van der Waals surface area (Å²) in [4.78, 5) is 6.84. The molecule has 1 saturated heterocycles. The van der Waals surface area contributed by atoms with Crippen LogP contribution in [0.1, 0.15) is 17.5 Å². The second kappa shape index (κ2) is 11.2. The number of aliphatic imine (C=N–C) groups is 1. The summed E-state index contributed by atoms with van der Waals surface area (Å²) in [7, 11) is 1.83. The molecule has 2 aromatic carbocycles. The van der Waals surface area contributed by atoms with Crippen molar-refractivity contribution in [3.8, 4) is 5.69 Å². The summed E-state index contributed by atoms with van der Waals surface area (Å²) in [6, 6.07) is 19.6. The van der Waals surface area contributed by atoms with E-state index in [1.54, 1.807) is 6.20 Å². The Hall–Kier alpha value is -2.55. The highest BCUT2D eigenvalue weighted by atomic mass is 127. The fourth-order valence-corrected chi connectivity index (χ4v) is 3.82. The van der Waals surface area contributed by atoms with Gasteiger partial charge in [0.25, 0.3) is 0 Å². The van der Waals surface area contributed by atoms with E-state index in [1.165, 1.54) is 16.8 Å². The number of hydrogen-bond donors (Lipinski definition) is 2. The van der Waals surface area contributed by atoms with Crippen LogP contribution >= 0.6 is 24.0 Å². The lowest BCUT2D eigenvalue weighted by Gasteiger charge is -2.20. The summed E-state index contributed by atoms with van der Waals surface area (Å²) >= 11 is 0. The summed E-state index contributed by atoms with van der Waals surface area (Å²) in [5, 5.41) is 11.3. The first kappa shape index (κ1) is 23.1. The van der Waals surface area contributed by atoms with Crippen molar-refractivity contribution >= 4 is 35.6 Å². The van der Waals surface area contributed by atoms with Crippen molar-refractivity contribution in [2.45, 2.75) is 25.8 Å². The SMILES string of the molecule is CN=C(NCCc1ccc(-n2cccn2)cc1)NC1CCN(c2ccc(C)cc2)C1.I. The molecule has 0 aliphatic carbocycles. The molecule has 0 amide bonds. The van der Waals surface area contributed by atoms with E-state index in [4.69, 9.17) is 0 Å². The molecule has 1 aliphatic rings. The van der Waals surface area contributed by atoms with Gasteiger partial charge in [0.05, 0.1) is 5.69 Å². The highest BCUT2D eigenvalue weighted by Gasteiger charge is 2.23. The van der Waals surface area contributed by atoms with Gasteiger partial charge < -0.3 is 15.5 Å². The van der Waals surface area contributed by atoms with Crippen molar-refractivity contribution in [2.24, 2.45) is 4.99 Å². The number of anilines is 1. The van der Waals surface area contributed by atoms with Gasteiger partial charge in [-0.2, -0.15) is 5.10 Å². The maximum Gasteiger partial charge on any atom is 0.191 e. The number of hydrogen-bond acceptors (Lipinski definition) is 3. The molecule has 3 aromatic rings. The maximum atomic E-state index is 4.40. The van der Waals surface area contributed by atoms with Gasteiger partial charge in [0.1, 0.15) is 0 Å². The van der Waals surface area contributed by atoms with Crippen molar-refractivity contribution in [2.75, 3.05) is 31.6 Å². The molecule has 1 aromatic heterocycles. The van der Waals surface area contributed by atoms with E-state index < -0.39 is 0 Å². The second-order valence-corrected chi connectivity index (χ2v) is 7.78. The lowest BCUT2D eigenvalue weighted by Crippen LogP contribution is -2.45. The van der Waals surface area contributed by atoms with Crippen molar-refractivity contribution < 1.29 is 0 Å². The molecule has 164 valence electrons. The summed E-state index contributed by atoms with van der Waals surface area (Å²) in [5.74, 6) is 0.874. The van der Waals surface area contributed by atoms with Crippen LogP contribution in [0.4, 0.5) is 5.69 Å². The van der Waals surface area contributed by atoms with Crippen molar-refractivity contribution in [1.82, 2.24) is 20.4 Å². The largest absolute Gasteiger partial charge is 0.369 e. The molecule has 0 saturated carbocycles. The van der Waals surface area contributed by atoms with Crippen LogP contribution in [-0.2, 0) is 6.42 Å². The molecule has 4 rings (SSSR count). The molecular formula is C24H31IN6. The van der Waals surface area contributed by atoms with Gasteiger partial charge in [0.15, 0.2) is 5.96 Å². The van der Waals surface area contributed by atoms with Gasteiger partial charge in [-0.15, -0.1) is 24.0 Å². The first-order chi connectivity index (χ1) is 14.7. The van der Waals surface area contributed by atoms with E-state index in [0.717, 1.165) is 44.1 Å². The van der Waals surface area contributed by atoms with E-state index >= 15 is 0 Å². The first-order valence-electron chi connectivity index (χ1n) is 10.6. The number of benzene rings is 2. The van der Waals surface area contributed by atoms with Crippen LogP contribution in [0.15, 0.2) is 72.0 Å². The third kappa shape index (κ3) is 6.22. The lowest BCUT2D eigenvalue weighted by molar-refractivity contribution is 0.648. The number of guanidine groups is 1. The normalized spacial score (nSPS) is 16.1. The third-order valence-electron chi connectivity index (χ3n) is 5.56. The topological polar surface area (TPSA) is 57.5 Å². The fraction of sp³-hybridized carbons (Fsp3) is 0.333. The molecule has 31 heavy (non-hydrogen) atoms. The Balaban J connectivity index is 0.00000272. The van der Waals surface area contributed by atoms with Crippen molar-refractivity contribution in [3.05, 3.63) is 78.1 Å². The number of nitrogens with zero attached hydrogens (tertiary/aromatic N) is 4. The minimum atomic E-state index is 0. The van der Waals surface area contributed by atoms with E-state index in [1.807, 2.05) is 24.0 Å². The average molecular weight is 530 g/mol. The Bertz CT molecular complexity index is 951. The van der Waals surface area contributed by atoms with Crippen LogP contribution in [0, 0.1) is 6.92 Å². The van der Waals surface area contributed by atoms with Crippen LogP contribution in [-0.4, -0.2) is 48.5 Å². The quantitative estimate of drug-likeness (QED) is 0.290. The molecule has 1 aliphatic heterocycles. The standard InChI is InChI=1S/C24H30N6.HI/c1-19-4-8-22(9-5-19)29-17-13-21(18-29)28-24(25-2)26-15-12-20-6-10-23(11-7-20)30-16-3-14-27-30;/h3-11,14,16,21H,12-13,15,17-18H2,1-2H3,(H2,25,26,28);1H. The van der Waals surface area contributed by atoms with E-state index in [0.29, 0.717) is 6.04 Å². The van der Waals surface area contributed by atoms with Crippen molar-refractivity contribution in [1.29, 1.82) is 0 Å². The monoisotopic (exact) mass is 530 g/mol. The molecular weight excluding hydrogens is 499 g/mol. The number of aromatic nitrogens is 2. The zero-order valence-corrected chi connectivity index (χ0v) is 20.5. The predicted molar refractivity (Wildman–Crippen MR) is 139 cm³/mol. The minimum absolute atomic E-state index is 0. The van der Waals surface area contributed by atoms with Gasteiger partial charge in [-0.05, 0) is 55.7 Å². The van der Waals surface area contributed by atoms with Gasteiger partial charge >= 0.3 is 0 Å². The predicted octanol–water partition coefficient (Wildman–Crippen LogP) is 3.79. The molecule has 2 N–H and O–H groups in total. The highest BCUT2D eigenvalue weighted by molar-refractivity contribution is 14.0. The van der Waals surface area contributed by atoms with Crippen LogP contribution in [0.25, 0.3) is 5.69 Å². The molecule has 0 bridgehead atoms. The smallest absolute Gasteiger partial charge is 0.191 e. The molecule has 7 heteroatoms. The molecule has 0 radical (unpaired) electrons. The third-order valence-corrected chi connectivity index (χ3v) is 5.56. The van der Waals surface area contributed by atoms with Crippen LogP contribution in [0.2, 0.25) is 0 Å². The Labute approximate surface area is 201 Å². The highest BCUT2D eigenvalue weighted by Crippen LogP contribution is 2.20. The minimum Gasteiger partial charge on any atom is -0.369 e. The zero-order chi connectivity index (χ0) is 20.8. The summed E-state index contributed by atoms with van der Waals surface area (Å²) in [6.45, 7) is 5.04. The Morgan fingerprint density at radius 2 is 1.84 bits per heavy atom. The van der Waals surface area contributed by atoms with Crippen molar-refractivity contribution in [3.63, 3.8) is 0 Å². The fourth-order valence-electron chi connectivity index (χ4n) is 3.82.